The van der Waals surface area contributed by atoms with Crippen molar-refractivity contribution >= 4 is 27.5 Å². The lowest BCUT2D eigenvalue weighted by atomic mass is 10.1. The van der Waals surface area contributed by atoms with E-state index in [0.29, 0.717) is 11.6 Å². The van der Waals surface area contributed by atoms with Crippen molar-refractivity contribution in [1.82, 2.24) is 13.8 Å². The Kier molecular flexibility index (Phi) is 6.69. The maximum absolute atomic E-state index is 13.1. The fourth-order valence-electron chi connectivity index (χ4n) is 3.91. The van der Waals surface area contributed by atoms with Crippen LogP contribution in [0.4, 0.5) is 0 Å². The minimum atomic E-state index is -3.71. The fraction of sp³-hybridized carbons (Fsp3) is 0.250. The van der Waals surface area contributed by atoms with Crippen molar-refractivity contribution in [2.45, 2.75) is 18.4 Å². The van der Waals surface area contributed by atoms with Gasteiger partial charge in [0.2, 0.25) is 10.0 Å². The van der Waals surface area contributed by atoms with Gasteiger partial charge in [0.1, 0.15) is 5.56 Å². The van der Waals surface area contributed by atoms with Gasteiger partial charge in [-0.05, 0) is 42.8 Å². The summed E-state index contributed by atoms with van der Waals surface area (Å²) in [5.74, 6) is -0.390. The normalized spacial score (nSPS) is 14.9. The van der Waals surface area contributed by atoms with Crippen LogP contribution in [0.3, 0.4) is 0 Å². The van der Waals surface area contributed by atoms with Crippen molar-refractivity contribution in [3.05, 3.63) is 98.9 Å². The van der Waals surface area contributed by atoms with Crippen LogP contribution in [-0.4, -0.2) is 54.3 Å². The molecule has 0 unspecified atom stereocenters. The van der Waals surface area contributed by atoms with Crippen molar-refractivity contribution < 1.29 is 13.2 Å². The van der Waals surface area contributed by atoms with Gasteiger partial charge in [0.15, 0.2) is 0 Å². The van der Waals surface area contributed by atoms with Crippen molar-refractivity contribution in [3.63, 3.8) is 0 Å². The quantitative estimate of drug-likeness (QED) is 0.556. The van der Waals surface area contributed by atoms with E-state index in [2.05, 4.69) is 0 Å². The molecule has 1 amide bonds. The molecule has 1 fully saturated rings. The summed E-state index contributed by atoms with van der Waals surface area (Å²) >= 11 is 5.94. The highest BCUT2D eigenvalue weighted by atomic mass is 35.5. The molecule has 4 rings (SSSR count). The van der Waals surface area contributed by atoms with Gasteiger partial charge in [-0.3, -0.25) is 9.59 Å². The highest BCUT2D eigenvalue weighted by Crippen LogP contribution is 2.21. The predicted octanol–water partition coefficient (Wildman–Crippen LogP) is 3.01. The first-order valence-corrected chi connectivity index (χ1v) is 12.4. The van der Waals surface area contributed by atoms with E-state index in [1.165, 1.54) is 32.0 Å². The van der Waals surface area contributed by atoms with Gasteiger partial charge in [0.05, 0.1) is 11.4 Å². The fourth-order valence-corrected chi connectivity index (χ4v) is 5.63. The maximum atomic E-state index is 13.1. The Hall–Kier alpha value is -2.94. The molecule has 0 bridgehead atoms. The number of carbonyl (C=O) groups excluding carboxylic acids is 1. The van der Waals surface area contributed by atoms with Crippen LogP contribution >= 0.6 is 11.6 Å². The SMILES string of the molecule is Cc1cccc(Cn2cccc(C(=O)N3CCN(S(=O)(=O)c4cccc(Cl)c4)CC3)c2=O)c1. The summed E-state index contributed by atoms with van der Waals surface area (Å²) in [7, 11) is -3.71. The van der Waals surface area contributed by atoms with Crippen LogP contribution in [-0.2, 0) is 16.6 Å². The van der Waals surface area contributed by atoms with E-state index in [-0.39, 0.29) is 42.2 Å². The second kappa shape index (κ2) is 9.51. The van der Waals surface area contributed by atoms with Crippen molar-refractivity contribution in [1.29, 1.82) is 0 Å². The second-order valence-corrected chi connectivity index (χ2v) is 10.4. The first-order chi connectivity index (χ1) is 15.8. The Morgan fingerprint density at radius 2 is 1.70 bits per heavy atom. The largest absolute Gasteiger partial charge is 0.336 e. The molecule has 0 atom stereocenters. The van der Waals surface area contributed by atoms with Crippen LogP contribution in [0.25, 0.3) is 0 Å². The summed E-state index contributed by atoms with van der Waals surface area (Å²) < 4.78 is 28.6. The molecule has 9 heteroatoms. The Balaban J connectivity index is 1.47. The summed E-state index contributed by atoms with van der Waals surface area (Å²) in [6.07, 6.45) is 1.66. The first kappa shape index (κ1) is 23.2. The lowest BCUT2D eigenvalue weighted by Gasteiger charge is -2.34. The number of carbonyl (C=O) groups is 1. The number of benzene rings is 2. The lowest BCUT2D eigenvalue weighted by molar-refractivity contribution is 0.0695. The zero-order chi connectivity index (χ0) is 23.6. The molecule has 2 heterocycles. The minimum Gasteiger partial charge on any atom is -0.336 e. The predicted molar refractivity (Wildman–Crippen MR) is 127 cm³/mol. The number of aromatic nitrogens is 1. The number of sulfonamides is 1. The summed E-state index contributed by atoms with van der Waals surface area (Å²) in [4.78, 5) is 27.7. The molecule has 0 N–H and O–H groups in total. The number of aryl methyl sites for hydroxylation is 1. The molecule has 1 saturated heterocycles. The molecule has 0 saturated carbocycles. The molecule has 1 aromatic heterocycles. The van der Waals surface area contributed by atoms with Crippen LogP contribution < -0.4 is 5.56 Å². The molecule has 33 heavy (non-hydrogen) atoms. The molecule has 7 nitrogen and oxygen atoms in total. The zero-order valence-electron chi connectivity index (χ0n) is 18.1. The van der Waals surface area contributed by atoms with Crippen molar-refractivity contribution in [3.8, 4) is 0 Å². The number of amides is 1. The maximum Gasteiger partial charge on any atom is 0.263 e. The number of hydrogen-bond donors (Lipinski definition) is 0. The minimum absolute atomic E-state index is 0.0799. The molecule has 1 aliphatic heterocycles. The summed E-state index contributed by atoms with van der Waals surface area (Å²) in [6.45, 7) is 3.04. The van der Waals surface area contributed by atoms with E-state index in [1.54, 1.807) is 24.4 Å². The first-order valence-electron chi connectivity index (χ1n) is 10.6. The van der Waals surface area contributed by atoms with Gasteiger partial charge >= 0.3 is 0 Å². The number of hydrogen-bond acceptors (Lipinski definition) is 4. The Bertz CT molecular complexity index is 1350. The third-order valence-electron chi connectivity index (χ3n) is 5.65. The van der Waals surface area contributed by atoms with Gasteiger partial charge in [0.25, 0.3) is 11.5 Å². The summed E-state index contributed by atoms with van der Waals surface area (Å²) in [5, 5.41) is 0.343. The molecule has 2 aromatic carbocycles. The van der Waals surface area contributed by atoms with Crippen LogP contribution in [0.15, 0.2) is 76.6 Å². The van der Waals surface area contributed by atoms with Crippen molar-refractivity contribution in [2.24, 2.45) is 0 Å². The molecule has 1 aliphatic rings. The number of pyridine rings is 1. The number of rotatable bonds is 5. The molecule has 3 aromatic rings. The average molecular weight is 486 g/mol. The van der Waals surface area contributed by atoms with E-state index >= 15 is 0 Å². The van der Waals surface area contributed by atoms with Gasteiger partial charge in [-0.1, -0.05) is 47.5 Å². The number of halogens is 1. The molecule has 0 aliphatic carbocycles. The summed E-state index contributed by atoms with van der Waals surface area (Å²) in [6, 6.07) is 17.2. The molecular weight excluding hydrogens is 462 g/mol. The topological polar surface area (TPSA) is 79.7 Å². The van der Waals surface area contributed by atoms with Crippen LogP contribution in [0.1, 0.15) is 21.5 Å². The van der Waals surface area contributed by atoms with Gasteiger partial charge in [0, 0.05) is 37.4 Å². The van der Waals surface area contributed by atoms with Crippen LogP contribution in [0, 0.1) is 6.92 Å². The smallest absolute Gasteiger partial charge is 0.263 e. The average Bonchev–Trinajstić information content (AvgIpc) is 2.80. The number of piperazine rings is 1. The van der Waals surface area contributed by atoms with Gasteiger partial charge in [-0.15, -0.1) is 0 Å². The Morgan fingerprint density at radius 1 is 0.970 bits per heavy atom. The third-order valence-corrected chi connectivity index (χ3v) is 7.78. The van der Waals surface area contributed by atoms with E-state index in [9.17, 15) is 18.0 Å². The second-order valence-electron chi connectivity index (χ2n) is 8.00. The molecular formula is C24H24ClN3O4S. The molecule has 0 radical (unpaired) electrons. The third kappa shape index (κ3) is 5.03. The lowest BCUT2D eigenvalue weighted by Crippen LogP contribution is -2.51. The highest BCUT2D eigenvalue weighted by Gasteiger charge is 2.31. The van der Waals surface area contributed by atoms with Gasteiger partial charge in [-0.2, -0.15) is 4.31 Å². The standard InChI is InChI=1S/C24H24ClN3O4S/c1-18-5-2-6-19(15-18)17-27-10-4-9-22(24(27)30)23(29)26-11-13-28(14-12-26)33(31,32)21-8-3-7-20(25)16-21/h2-10,15-16H,11-14,17H2,1H3. The van der Waals surface area contributed by atoms with E-state index < -0.39 is 15.9 Å². The van der Waals surface area contributed by atoms with E-state index in [1.807, 2.05) is 31.2 Å². The van der Waals surface area contributed by atoms with Crippen LogP contribution in [0.5, 0.6) is 0 Å². The molecule has 172 valence electrons. The van der Waals surface area contributed by atoms with Gasteiger partial charge in [-0.25, -0.2) is 8.42 Å². The van der Waals surface area contributed by atoms with Crippen molar-refractivity contribution in [2.75, 3.05) is 26.2 Å². The monoisotopic (exact) mass is 485 g/mol. The van der Waals surface area contributed by atoms with Crippen LogP contribution in [0.2, 0.25) is 5.02 Å². The zero-order valence-corrected chi connectivity index (χ0v) is 19.7. The van der Waals surface area contributed by atoms with E-state index in [0.717, 1.165) is 11.1 Å². The van der Waals surface area contributed by atoms with E-state index in [4.69, 9.17) is 11.6 Å². The number of nitrogens with zero attached hydrogens (tertiary/aromatic N) is 3. The highest BCUT2D eigenvalue weighted by molar-refractivity contribution is 7.89. The Morgan fingerprint density at radius 3 is 2.39 bits per heavy atom. The summed E-state index contributed by atoms with van der Waals surface area (Å²) in [5.41, 5.74) is 1.79. The van der Waals surface area contributed by atoms with Gasteiger partial charge < -0.3 is 9.47 Å². The molecule has 0 spiro atoms. The Labute approximate surface area is 197 Å².